The number of nitrogens with zero attached hydrogens (tertiary/aromatic N) is 3. The molecule has 0 saturated carbocycles. The minimum absolute atomic E-state index is 0.262. The first-order chi connectivity index (χ1) is 12.6. The van der Waals surface area contributed by atoms with Crippen LogP contribution in [0.1, 0.15) is 0 Å². The molecule has 1 aromatic heterocycles. The zero-order valence-corrected chi connectivity index (χ0v) is 14.9. The lowest BCUT2D eigenvalue weighted by atomic mass is 10.2. The molecule has 2 heterocycles. The molecule has 0 radical (unpaired) electrons. The van der Waals surface area contributed by atoms with Crippen molar-refractivity contribution in [2.45, 2.75) is 4.90 Å². The summed E-state index contributed by atoms with van der Waals surface area (Å²) in [6.45, 7) is 2.27. The Balaban J connectivity index is 1.75. The van der Waals surface area contributed by atoms with E-state index in [2.05, 4.69) is 20.6 Å². The molecule has 1 aliphatic heterocycles. The van der Waals surface area contributed by atoms with Gasteiger partial charge in [0.15, 0.2) is 0 Å². The van der Waals surface area contributed by atoms with Gasteiger partial charge in [0.05, 0.1) is 10.4 Å². The second-order valence-electron chi connectivity index (χ2n) is 6.05. The monoisotopic (exact) mass is 369 g/mol. The van der Waals surface area contributed by atoms with Crippen molar-refractivity contribution in [1.29, 1.82) is 0 Å². The lowest BCUT2D eigenvalue weighted by Crippen LogP contribution is -2.46. The number of fused-ring (bicyclic) bond motifs is 1. The average Bonchev–Trinajstić information content (AvgIpc) is 2.69. The third kappa shape index (κ3) is 3.26. The first-order valence-corrected chi connectivity index (χ1v) is 9.86. The zero-order chi connectivity index (χ0) is 18.0. The van der Waals surface area contributed by atoms with E-state index in [1.807, 2.05) is 30.3 Å². The Kier molecular flexibility index (Phi) is 4.54. The Hall–Kier alpha value is -2.55. The van der Waals surface area contributed by atoms with Gasteiger partial charge in [0.1, 0.15) is 12.1 Å². The number of aromatic nitrogens is 2. The molecule has 0 unspecified atom stereocenters. The molecule has 0 amide bonds. The molecular weight excluding hydrogens is 350 g/mol. The molecule has 3 aromatic rings. The van der Waals surface area contributed by atoms with Crippen molar-refractivity contribution in [2.24, 2.45) is 0 Å². The number of rotatable bonds is 4. The molecule has 134 valence electrons. The quantitative estimate of drug-likeness (QED) is 0.731. The molecule has 0 spiro atoms. The van der Waals surface area contributed by atoms with Crippen molar-refractivity contribution in [3.8, 4) is 0 Å². The van der Waals surface area contributed by atoms with Crippen molar-refractivity contribution in [3.63, 3.8) is 0 Å². The Morgan fingerprint density at radius 1 is 1.00 bits per heavy atom. The third-order valence-corrected chi connectivity index (χ3v) is 6.25. The average molecular weight is 369 g/mol. The summed E-state index contributed by atoms with van der Waals surface area (Å²) in [5, 5.41) is 7.08. The van der Waals surface area contributed by atoms with E-state index >= 15 is 0 Å². The fourth-order valence-corrected chi connectivity index (χ4v) is 4.46. The van der Waals surface area contributed by atoms with Crippen LogP contribution < -0.4 is 10.6 Å². The van der Waals surface area contributed by atoms with Gasteiger partial charge in [0.25, 0.3) is 0 Å². The van der Waals surface area contributed by atoms with Gasteiger partial charge in [0.2, 0.25) is 10.0 Å². The van der Waals surface area contributed by atoms with E-state index in [0.29, 0.717) is 42.9 Å². The van der Waals surface area contributed by atoms with Crippen LogP contribution in [0.5, 0.6) is 0 Å². The molecule has 1 fully saturated rings. The maximum absolute atomic E-state index is 12.9. The van der Waals surface area contributed by atoms with E-state index in [4.69, 9.17) is 0 Å². The van der Waals surface area contributed by atoms with Gasteiger partial charge in [0, 0.05) is 37.3 Å². The summed E-state index contributed by atoms with van der Waals surface area (Å²) in [6.07, 6.45) is 1.47. The summed E-state index contributed by atoms with van der Waals surface area (Å²) in [4.78, 5) is 8.81. The molecule has 2 N–H and O–H groups in total. The molecule has 1 saturated heterocycles. The van der Waals surface area contributed by atoms with E-state index in [1.54, 1.807) is 18.2 Å². The van der Waals surface area contributed by atoms with Crippen LogP contribution in [0, 0.1) is 0 Å². The Labute approximate surface area is 152 Å². The number of piperazine rings is 1. The predicted octanol–water partition coefficient (Wildman–Crippen LogP) is 1.97. The largest absolute Gasteiger partial charge is 0.340 e. The number of hydrogen-bond acceptors (Lipinski definition) is 6. The summed E-state index contributed by atoms with van der Waals surface area (Å²) in [5.41, 5.74) is 1.57. The van der Waals surface area contributed by atoms with Gasteiger partial charge in [-0.15, -0.1) is 0 Å². The minimum atomic E-state index is -3.53. The Morgan fingerprint density at radius 3 is 2.54 bits per heavy atom. The molecule has 0 aliphatic carbocycles. The summed E-state index contributed by atoms with van der Waals surface area (Å²) < 4.78 is 27.4. The highest BCUT2D eigenvalue weighted by atomic mass is 32.2. The molecule has 2 aromatic carbocycles. The number of para-hydroxylation sites is 1. The Bertz CT molecular complexity index is 1020. The van der Waals surface area contributed by atoms with Crippen LogP contribution in [0.25, 0.3) is 10.9 Å². The third-order valence-electron chi connectivity index (χ3n) is 4.36. The maximum Gasteiger partial charge on any atom is 0.243 e. The van der Waals surface area contributed by atoms with Crippen LogP contribution in [-0.2, 0) is 10.0 Å². The second-order valence-corrected chi connectivity index (χ2v) is 7.98. The van der Waals surface area contributed by atoms with Crippen molar-refractivity contribution in [3.05, 3.63) is 54.9 Å². The van der Waals surface area contributed by atoms with E-state index in [1.165, 1.54) is 10.6 Å². The fraction of sp³-hybridized carbons (Fsp3) is 0.222. The van der Waals surface area contributed by atoms with E-state index in [0.717, 1.165) is 5.69 Å². The summed E-state index contributed by atoms with van der Waals surface area (Å²) in [5.74, 6) is 0.582. The molecule has 0 atom stereocenters. The predicted molar refractivity (Wildman–Crippen MR) is 101 cm³/mol. The maximum atomic E-state index is 12.9. The zero-order valence-electron chi connectivity index (χ0n) is 14.1. The lowest BCUT2D eigenvalue weighted by molar-refractivity contribution is 0.360. The molecule has 1 aliphatic rings. The van der Waals surface area contributed by atoms with Crippen LogP contribution in [-0.4, -0.2) is 48.9 Å². The Morgan fingerprint density at radius 2 is 1.77 bits per heavy atom. The standard InChI is InChI=1S/C18H19N5O2S/c24-26(25,23-10-8-19-9-11-23)15-6-7-17-16(12-15)18(21-13-20-17)22-14-4-2-1-3-5-14/h1-7,12-13,19H,8-11H2,(H,20,21,22). The molecular formula is C18H19N5O2S. The molecule has 26 heavy (non-hydrogen) atoms. The van der Waals surface area contributed by atoms with Crippen LogP contribution in [0.3, 0.4) is 0 Å². The topological polar surface area (TPSA) is 87.2 Å². The first kappa shape index (κ1) is 16.9. The van der Waals surface area contributed by atoms with Crippen LogP contribution in [0.2, 0.25) is 0 Å². The normalized spacial score (nSPS) is 15.8. The summed E-state index contributed by atoms with van der Waals surface area (Å²) >= 11 is 0. The van der Waals surface area contributed by atoms with Gasteiger partial charge in [-0.25, -0.2) is 18.4 Å². The van der Waals surface area contributed by atoms with Crippen LogP contribution >= 0.6 is 0 Å². The van der Waals surface area contributed by atoms with Crippen molar-refractivity contribution in [1.82, 2.24) is 19.6 Å². The lowest BCUT2D eigenvalue weighted by Gasteiger charge is -2.26. The highest BCUT2D eigenvalue weighted by molar-refractivity contribution is 7.89. The summed E-state index contributed by atoms with van der Waals surface area (Å²) in [6, 6.07) is 14.6. The van der Waals surface area contributed by atoms with Crippen molar-refractivity contribution < 1.29 is 8.42 Å². The number of hydrogen-bond donors (Lipinski definition) is 2. The summed E-state index contributed by atoms with van der Waals surface area (Å²) in [7, 11) is -3.53. The number of sulfonamides is 1. The number of benzene rings is 2. The van der Waals surface area contributed by atoms with Crippen molar-refractivity contribution in [2.75, 3.05) is 31.5 Å². The SMILES string of the molecule is O=S(=O)(c1ccc2ncnc(Nc3ccccc3)c2c1)N1CCNCC1. The number of nitrogens with one attached hydrogen (secondary N) is 2. The molecule has 7 nitrogen and oxygen atoms in total. The highest BCUT2D eigenvalue weighted by Crippen LogP contribution is 2.27. The smallest absolute Gasteiger partial charge is 0.243 e. The second kappa shape index (κ2) is 6.99. The van der Waals surface area contributed by atoms with Gasteiger partial charge in [-0.2, -0.15) is 4.31 Å². The van der Waals surface area contributed by atoms with E-state index in [9.17, 15) is 8.42 Å². The van der Waals surface area contributed by atoms with E-state index < -0.39 is 10.0 Å². The molecule has 8 heteroatoms. The first-order valence-electron chi connectivity index (χ1n) is 8.42. The van der Waals surface area contributed by atoms with Gasteiger partial charge in [-0.1, -0.05) is 18.2 Å². The highest BCUT2D eigenvalue weighted by Gasteiger charge is 2.26. The van der Waals surface area contributed by atoms with Crippen LogP contribution in [0.4, 0.5) is 11.5 Å². The fourth-order valence-electron chi connectivity index (χ4n) is 2.99. The van der Waals surface area contributed by atoms with Crippen molar-refractivity contribution >= 4 is 32.4 Å². The molecule has 0 bridgehead atoms. The van der Waals surface area contributed by atoms with Gasteiger partial charge >= 0.3 is 0 Å². The van der Waals surface area contributed by atoms with Gasteiger partial charge in [-0.05, 0) is 30.3 Å². The van der Waals surface area contributed by atoms with Gasteiger partial charge in [-0.3, -0.25) is 0 Å². The van der Waals surface area contributed by atoms with Gasteiger partial charge < -0.3 is 10.6 Å². The number of anilines is 2. The van der Waals surface area contributed by atoms with E-state index in [-0.39, 0.29) is 4.90 Å². The minimum Gasteiger partial charge on any atom is -0.340 e. The van der Waals surface area contributed by atoms with Crippen LogP contribution in [0.15, 0.2) is 59.8 Å². The molecule has 4 rings (SSSR count).